The van der Waals surface area contributed by atoms with Crippen LogP contribution in [-0.2, 0) is 19.1 Å². The van der Waals surface area contributed by atoms with E-state index in [1.54, 1.807) is 0 Å². The van der Waals surface area contributed by atoms with Gasteiger partial charge in [-0.25, -0.2) is 9.59 Å². The van der Waals surface area contributed by atoms with Gasteiger partial charge in [0.15, 0.2) is 0 Å². The molecule has 0 spiro atoms. The summed E-state index contributed by atoms with van der Waals surface area (Å²) < 4.78 is 11.0. The zero-order valence-electron chi connectivity index (χ0n) is 20.7. The van der Waals surface area contributed by atoms with Gasteiger partial charge in [0.25, 0.3) is 0 Å². The van der Waals surface area contributed by atoms with Crippen LogP contribution in [0.25, 0.3) is 0 Å². The Hall–Kier alpha value is -1.79. The lowest BCUT2D eigenvalue weighted by molar-refractivity contribution is -0.153. The van der Waals surface area contributed by atoms with E-state index in [9.17, 15) is 14.4 Å². The molecule has 0 saturated heterocycles. The summed E-state index contributed by atoms with van der Waals surface area (Å²) in [4.78, 5) is 37.1. The maximum absolute atomic E-state index is 12.6. The van der Waals surface area contributed by atoms with Gasteiger partial charge in [0.2, 0.25) is 5.91 Å². The van der Waals surface area contributed by atoms with Crippen molar-refractivity contribution in [3.63, 3.8) is 0 Å². The highest BCUT2D eigenvalue weighted by atomic mass is 16.6. The average Bonchev–Trinajstić information content (AvgIpc) is 3.18. The first-order valence-corrected chi connectivity index (χ1v) is 12.5. The van der Waals surface area contributed by atoms with E-state index in [2.05, 4.69) is 10.6 Å². The van der Waals surface area contributed by atoms with E-state index in [1.807, 2.05) is 34.6 Å². The highest BCUT2D eigenvalue weighted by molar-refractivity contribution is 5.84. The third-order valence-corrected chi connectivity index (χ3v) is 6.26. The predicted octanol–water partition coefficient (Wildman–Crippen LogP) is 4.87. The number of hydrogen-bond acceptors (Lipinski definition) is 5. The quantitative estimate of drug-likeness (QED) is 0.487. The molecular weight excluding hydrogens is 408 g/mol. The van der Waals surface area contributed by atoms with Crippen molar-refractivity contribution in [2.24, 2.45) is 11.8 Å². The first-order valence-electron chi connectivity index (χ1n) is 12.5. The number of esters is 1. The molecule has 2 N–H and O–H groups in total. The van der Waals surface area contributed by atoms with E-state index in [-0.39, 0.29) is 30.1 Å². The number of hydrogen-bond donors (Lipinski definition) is 2. The molecule has 0 aromatic carbocycles. The normalized spacial score (nSPS) is 22.9. The SMILES string of the molecule is CC(C)C[C@@H](NC(=O)CCC1CCC(NC(=O)OC(C)(C)C)CC1)C(=O)OC1CCCC1. The fourth-order valence-electron chi connectivity index (χ4n) is 4.61. The van der Waals surface area contributed by atoms with Crippen molar-refractivity contribution < 1.29 is 23.9 Å². The summed E-state index contributed by atoms with van der Waals surface area (Å²) >= 11 is 0. The van der Waals surface area contributed by atoms with Crippen molar-refractivity contribution in [2.45, 2.75) is 129 Å². The van der Waals surface area contributed by atoms with Crippen LogP contribution >= 0.6 is 0 Å². The van der Waals surface area contributed by atoms with Crippen LogP contribution in [0.5, 0.6) is 0 Å². The number of rotatable bonds is 9. The smallest absolute Gasteiger partial charge is 0.407 e. The molecule has 2 aliphatic carbocycles. The van der Waals surface area contributed by atoms with Crippen molar-refractivity contribution in [3.05, 3.63) is 0 Å². The summed E-state index contributed by atoms with van der Waals surface area (Å²) in [5.74, 6) is 0.399. The number of alkyl carbamates (subject to hydrolysis) is 1. The van der Waals surface area contributed by atoms with Crippen molar-refractivity contribution in [2.75, 3.05) is 0 Å². The second kappa shape index (κ2) is 12.4. The van der Waals surface area contributed by atoms with Crippen LogP contribution in [0.15, 0.2) is 0 Å². The van der Waals surface area contributed by atoms with Crippen LogP contribution in [-0.4, -0.2) is 41.8 Å². The summed E-state index contributed by atoms with van der Waals surface area (Å²) in [6.45, 7) is 9.66. The Kier molecular flexibility index (Phi) is 10.3. The van der Waals surface area contributed by atoms with Gasteiger partial charge in [-0.2, -0.15) is 0 Å². The van der Waals surface area contributed by atoms with E-state index < -0.39 is 11.6 Å². The molecule has 0 aromatic rings. The lowest BCUT2D eigenvalue weighted by atomic mass is 9.83. The van der Waals surface area contributed by atoms with Gasteiger partial charge in [0.1, 0.15) is 17.7 Å². The maximum Gasteiger partial charge on any atom is 0.407 e. The number of amides is 2. The summed E-state index contributed by atoms with van der Waals surface area (Å²) in [6, 6.07) is -0.424. The molecule has 0 bridgehead atoms. The molecular formula is C25H44N2O5. The number of carbonyl (C=O) groups is 3. The molecule has 32 heavy (non-hydrogen) atoms. The lowest BCUT2D eigenvalue weighted by Crippen LogP contribution is -2.44. The molecule has 2 fully saturated rings. The molecule has 0 aromatic heterocycles. The highest BCUT2D eigenvalue weighted by Gasteiger charge is 2.29. The molecule has 0 aliphatic heterocycles. The van der Waals surface area contributed by atoms with Crippen molar-refractivity contribution in [3.8, 4) is 0 Å². The van der Waals surface area contributed by atoms with Crippen LogP contribution < -0.4 is 10.6 Å². The molecule has 7 heteroatoms. The van der Waals surface area contributed by atoms with Gasteiger partial charge in [0, 0.05) is 12.5 Å². The monoisotopic (exact) mass is 452 g/mol. The van der Waals surface area contributed by atoms with Crippen LogP contribution in [0, 0.1) is 11.8 Å². The van der Waals surface area contributed by atoms with Gasteiger partial charge in [-0.3, -0.25) is 4.79 Å². The zero-order chi connectivity index (χ0) is 23.7. The van der Waals surface area contributed by atoms with Gasteiger partial charge in [-0.05, 0) is 96.8 Å². The largest absolute Gasteiger partial charge is 0.461 e. The van der Waals surface area contributed by atoms with Crippen molar-refractivity contribution in [1.82, 2.24) is 10.6 Å². The molecule has 2 aliphatic rings. The molecule has 0 unspecified atom stereocenters. The summed E-state index contributed by atoms with van der Waals surface area (Å²) in [5.41, 5.74) is -0.494. The van der Waals surface area contributed by atoms with Gasteiger partial charge in [-0.1, -0.05) is 13.8 Å². The minimum Gasteiger partial charge on any atom is -0.461 e. The summed E-state index contributed by atoms with van der Waals surface area (Å²) in [6.07, 6.45) is 9.29. The van der Waals surface area contributed by atoms with E-state index in [1.165, 1.54) is 0 Å². The molecule has 184 valence electrons. The number of carbonyl (C=O) groups excluding carboxylic acids is 3. The van der Waals surface area contributed by atoms with Crippen LogP contribution in [0.2, 0.25) is 0 Å². The van der Waals surface area contributed by atoms with E-state index in [4.69, 9.17) is 9.47 Å². The van der Waals surface area contributed by atoms with Gasteiger partial charge in [-0.15, -0.1) is 0 Å². The Balaban J connectivity index is 1.70. The Morgan fingerprint density at radius 1 is 0.969 bits per heavy atom. The molecule has 2 amide bonds. The second-order valence-electron chi connectivity index (χ2n) is 11.0. The third-order valence-electron chi connectivity index (χ3n) is 6.26. The average molecular weight is 453 g/mol. The van der Waals surface area contributed by atoms with Gasteiger partial charge >= 0.3 is 12.1 Å². The first kappa shape index (κ1) is 26.5. The van der Waals surface area contributed by atoms with E-state index >= 15 is 0 Å². The minimum absolute atomic E-state index is 0.0125. The number of nitrogens with one attached hydrogen (secondary N) is 2. The molecule has 0 radical (unpaired) electrons. The van der Waals surface area contributed by atoms with Gasteiger partial charge in [0.05, 0.1) is 0 Å². The van der Waals surface area contributed by atoms with Crippen molar-refractivity contribution >= 4 is 18.0 Å². The first-order chi connectivity index (χ1) is 15.0. The molecule has 2 rings (SSSR count). The van der Waals surface area contributed by atoms with Crippen molar-refractivity contribution in [1.29, 1.82) is 0 Å². The van der Waals surface area contributed by atoms with E-state index in [0.29, 0.717) is 24.7 Å². The minimum atomic E-state index is -0.558. The third kappa shape index (κ3) is 10.2. The maximum atomic E-state index is 12.6. The fraction of sp³-hybridized carbons (Fsp3) is 0.880. The Labute approximate surface area is 193 Å². The molecule has 2 saturated carbocycles. The fourth-order valence-corrected chi connectivity index (χ4v) is 4.61. The molecule has 1 atom stereocenters. The molecule has 7 nitrogen and oxygen atoms in total. The second-order valence-corrected chi connectivity index (χ2v) is 11.0. The Morgan fingerprint density at radius 2 is 1.59 bits per heavy atom. The van der Waals surface area contributed by atoms with Gasteiger partial charge < -0.3 is 20.1 Å². The highest BCUT2D eigenvalue weighted by Crippen LogP contribution is 2.28. The van der Waals surface area contributed by atoms with E-state index in [0.717, 1.165) is 57.8 Å². The zero-order valence-corrected chi connectivity index (χ0v) is 20.7. The van der Waals surface area contributed by atoms with Crippen LogP contribution in [0.4, 0.5) is 4.79 Å². The molecule has 0 heterocycles. The summed E-state index contributed by atoms with van der Waals surface area (Å²) in [5, 5.41) is 5.89. The standard InChI is InChI=1S/C25H44N2O5/c1-17(2)16-21(23(29)31-20-8-6-7-9-20)27-22(28)15-12-18-10-13-19(14-11-18)26-24(30)32-25(3,4)5/h17-21H,6-16H2,1-5H3,(H,26,30)(H,27,28)/t18?,19?,21-/m1/s1. The predicted molar refractivity (Wildman–Crippen MR) is 124 cm³/mol. The summed E-state index contributed by atoms with van der Waals surface area (Å²) in [7, 11) is 0. The number of ether oxygens (including phenoxy) is 2. The van der Waals surface area contributed by atoms with Crippen LogP contribution in [0.1, 0.15) is 105 Å². The Morgan fingerprint density at radius 3 is 2.16 bits per heavy atom. The topological polar surface area (TPSA) is 93.7 Å². The lowest BCUT2D eigenvalue weighted by Gasteiger charge is -2.30. The Bertz CT molecular complexity index is 614. The van der Waals surface area contributed by atoms with Crippen LogP contribution in [0.3, 0.4) is 0 Å².